The van der Waals surface area contributed by atoms with Crippen molar-refractivity contribution >= 4 is 11.6 Å². The Labute approximate surface area is 107 Å². The molecule has 1 aromatic rings. The van der Waals surface area contributed by atoms with E-state index in [-0.39, 0.29) is 12.0 Å². The minimum absolute atomic E-state index is 0.224. The Hall–Kier alpha value is -1.56. The number of nitrogens with zero attached hydrogens (tertiary/aromatic N) is 3. The second-order valence-corrected chi connectivity index (χ2v) is 4.61. The molecule has 0 amide bonds. The summed E-state index contributed by atoms with van der Waals surface area (Å²) in [5.41, 5.74) is 0. The van der Waals surface area contributed by atoms with E-state index >= 15 is 0 Å². The molecule has 1 aliphatic rings. The van der Waals surface area contributed by atoms with Gasteiger partial charge in [0, 0.05) is 20.1 Å². The summed E-state index contributed by atoms with van der Waals surface area (Å²) in [6.07, 6.45) is 2.06. The van der Waals surface area contributed by atoms with Crippen molar-refractivity contribution in [1.82, 2.24) is 9.97 Å². The third-order valence-electron chi connectivity index (χ3n) is 3.39. The fraction of sp³-hybridized carbons (Fsp3) is 0.667. The topological polar surface area (TPSA) is 70.5 Å². The Morgan fingerprint density at radius 1 is 1.50 bits per heavy atom. The number of ether oxygens (including phenoxy) is 1. The molecular weight excluding hydrogens is 232 g/mol. The van der Waals surface area contributed by atoms with E-state index < -0.39 is 0 Å². The van der Waals surface area contributed by atoms with Gasteiger partial charge >= 0.3 is 0 Å². The van der Waals surface area contributed by atoms with Crippen LogP contribution in [0.1, 0.15) is 13.3 Å². The fourth-order valence-corrected chi connectivity index (χ4v) is 2.28. The normalized spacial score (nSPS) is 23.9. The van der Waals surface area contributed by atoms with Gasteiger partial charge in [-0.2, -0.15) is 0 Å². The first-order valence-corrected chi connectivity index (χ1v) is 6.17. The first-order valence-electron chi connectivity index (χ1n) is 6.17. The minimum atomic E-state index is -0.224. The molecule has 2 unspecified atom stereocenters. The van der Waals surface area contributed by atoms with Gasteiger partial charge in [-0.3, -0.25) is 0 Å². The molecule has 100 valence electrons. The van der Waals surface area contributed by atoms with Crippen molar-refractivity contribution in [3.05, 3.63) is 6.33 Å². The zero-order valence-corrected chi connectivity index (χ0v) is 11.1. The van der Waals surface area contributed by atoms with Gasteiger partial charge in [0.05, 0.1) is 13.2 Å². The summed E-state index contributed by atoms with van der Waals surface area (Å²) < 4.78 is 5.39. The van der Waals surface area contributed by atoms with E-state index in [2.05, 4.69) is 20.2 Å². The summed E-state index contributed by atoms with van der Waals surface area (Å²) in [6, 6.07) is 0. The van der Waals surface area contributed by atoms with E-state index in [1.807, 2.05) is 6.92 Å². The predicted octanol–water partition coefficient (Wildman–Crippen LogP) is 0.734. The van der Waals surface area contributed by atoms with E-state index in [9.17, 15) is 5.11 Å². The van der Waals surface area contributed by atoms with Gasteiger partial charge in [0.1, 0.15) is 6.33 Å². The Morgan fingerprint density at radius 2 is 2.28 bits per heavy atom. The number of piperidine rings is 1. The molecule has 6 heteroatoms. The third-order valence-corrected chi connectivity index (χ3v) is 3.39. The van der Waals surface area contributed by atoms with Crippen molar-refractivity contribution in [3.8, 4) is 5.75 Å². The maximum atomic E-state index is 9.77. The molecule has 1 aromatic heterocycles. The van der Waals surface area contributed by atoms with Gasteiger partial charge in [0.25, 0.3) is 0 Å². The highest BCUT2D eigenvalue weighted by atomic mass is 16.5. The number of aromatic nitrogens is 2. The quantitative estimate of drug-likeness (QED) is 0.826. The van der Waals surface area contributed by atoms with Gasteiger partial charge in [0.15, 0.2) is 11.6 Å². The zero-order valence-electron chi connectivity index (χ0n) is 11.1. The fourth-order valence-electron chi connectivity index (χ4n) is 2.28. The summed E-state index contributed by atoms with van der Waals surface area (Å²) in [7, 11) is 3.42. The van der Waals surface area contributed by atoms with Crippen LogP contribution >= 0.6 is 0 Å². The van der Waals surface area contributed by atoms with Crippen LogP contribution in [0.3, 0.4) is 0 Å². The molecule has 1 fully saturated rings. The summed E-state index contributed by atoms with van der Waals surface area (Å²) >= 11 is 0. The summed E-state index contributed by atoms with van der Waals surface area (Å²) in [6.45, 7) is 3.60. The molecule has 2 heterocycles. The van der Waals surface area contributed by atoms with E-state index in [0.29, 0.717) is 11.6 Å². The Kier molecular flexibility index (Phi) is 3.86. The Morgan fingerprint density at radius 3 is 2.89 bits per heavy atom. The first kappa shape index (κ1) is 12.9. The largest absolute Gasteiger partial charge is 0.490 e. The molecule has 0 aliphatic carbocycles. The van der Waals surface area contributed by atoms with Crippen LogP contribution in [0.25, 0.3) is 0 Å². The molecule has 0 spiro atoms. The van der Waals surface area contributed by atoms with Crippen molar-refractivity contribution in [1.29, 1.82) is 0 Å². The molecule has 1 saturated heterocycles. The van der Waals surface area contributed by atoms with E-state index in [4.69, 9.17) is 4.74 Å². The number of aliphatic hydroxyl groups is 1. The molecule has 18 heavy (non-hydrogen) atoms. The number of anilines is 2. The molecule has 6 nitrogen and oxygen atoms in total. The third kappa shape index (κ3) is 2.33. The summed E-state index contributed by atoms with van der Waals surface area (Å²) in [4.78, 5) is 10.6. The van der Waals surface area contributed by atoms with Crippen LogP contribution in [0.15, 0.2) is 6.33 Å². The highest BCUT2D eigenvalue weighted by Crippen LogP contribution is 2.33. The van der Waals surface area contributed by atoms with Crippen molar-refractivity contribution < 1.29 is 9.84 Å². The number of hydrogen-bond acceptors (Lipinski definition) is 6. The van der Waals surface area contributed by atoms with Gasteiger partial charge in [-0.25, -0.2) is 9.97 Å². The average molecular weight is 252 g/mol. The van der Waals surface area contributed by atoms with Gasteiger partial charge in [0.2, 0.25) is 5.75 Å². The SMILES string of the molecule is CNc1ncnc(N2CCC(O)C(C)C2)c1OC. The minimum Gasteiger partial charge on any atom is -0.490 e. The lowest BCUT2D eigenvalue weighted by Gasteiger charge is -2.35. The lowest BCUT2D eigenvalue weighted by atomic mass is 9.97. The second-order valence-electron chi connectivity index (χ2n) is 4.61. The van der Waals surface area contributed by atoms with Crippen LogP contribution in [-0.2, 0) is 0 Å². The van der Waals surface area contributed by atoms with Gasteiger partial charge in [-0.15, -0.1) is 0 Å². The van der Waals surface area contributed by atoms with Crippen molar-refractivity contribution in [2.45, 2.75) is 19.4 Å². The number of hydrogen-bond donors (Lipinski definition) is 2. The molecule has 0 bridgehead atoms. The van der Waals surface area contributed by atoms with E-state index in [0.717, 1.165) is 25.3 Å². The molecule has 1 aliphatic heterocycles. The van der Waals surface area contributed by atoms with Crippen LogP contribution in [0.2, 0.25) is 0 Å². The highest BCUT2D eigenvalue weighted by Gasteiger charge is 2.27. The van der Waals surface area contributed by atoms with Gasteiger partial charge in [-0.05, 0) is 12.3 Å². The standard InChI is InChI=1S/C12H20N4O2/c1-8-6-16(5-4-9(8)17)12-10(18-3)11(13-2)14-7-15-12/h7-9,17H,4-6H2,1-3H3,(H,13,14,15). The van der Waals surface area contributed by atoms with E-state index in [1.165, 1.54) is 6.33 Å². The number of rotatable bonds is 3. The molecule has 0 saturated carbocycles. The highest BCUT2D eigenvalue weighted by molar-refractivity contribution is 5.64. The smallest absolute Gasteiger partial charge is 0.204 e. The molecule has 0 radical (unpaired) electrons. The summed E-state index contributed by atoms with van der Waals surface area (Å²) in [5.74, 6) is 2.36. The van der Waals surface area contributed by atoms with E-state index in [1.54, 1.807) is 14.2 Å². The van der Waals surface area contributed by atoms with Crippen LogP contribution in [0, 0.1) is 5.92 Å². The van der Waals surface area contributed by atoms with Crippen LogP contribution in [0.5, 0.6) is 5.75 Å². The number of aliphatic hydroxyl groups excluding tert-OH is 1. The predicted molar refractivity (Wildman–Crippen MR) is 70.1 cm³/mol. The zero-order chi connectivity index (χ0) is 13.1. The summed E-state index contributed by atoms with van der Waals surface area (Å²) in [5, 5.41) is 12.8. The molecule has 2 atom stereocenters. The van der Waals surface area contributed by atoms with Crippen LogP contribution in [0.4, 0.5) is 11.6 Å². The number of methoxy groups -OCH3 is 1. The molecule has 0 aromatic carbocycles. The van der Waals surface area contributed by atoms with Crippen molar-refractivity contribution in [2.75, 3.05) is 37.5 Å². The maximum Gasteiger partial charge on any atom is 0.204 e. The van der Waals surface area contributed by atoms with Crippen LogP contribution in [-0.4, -0.2) is 48.4 Å². The Balaban J connectivity index is 2.28. The second kappa shape index (κ2) is 5.39. The van der Waals surface area contributed by atoms with Crippen molar-refractivity contribution in [2.24, 2.45) is 5.92 Å². The van der Waals surface area contributed by atoms with Gasteiger partial charge < -0.3 is 20.1 Å². The average Bonchev–Trinajstić information content (AvgIpc) is 2.40. The first-order chi connectivity index (χ1) is 8.67. The lowest BCUT2D eigenvalue weighted by Crippen LogP contribution is -2.42. The molecule has 2 rings (SSSR count). The van der Waals surface area contributed by atoms with Gasteiger partial charge in [-0.1, -0.05) is 6.92 Å². The molecular formula is C12H20N4O2. The number of nitrogens with one attached hydrogen (secondary N) is 1. The van der Waals surface area contributed by atoms with Crippen LogP contribution < -0.4 is 15.0 Å². The molecule has 2 N–H and O–H groups in total. The Bertz CT molecular complexity index is 413. The van der Waals surface area contributed by atoms with Crippen molar-refractivity contribution in [3.63, 3.8) is 0 Å². The lowest BCUT2D eigenvalue weighted by molar-refractivity contribution is 0.0967. The maximum absolute atomic E-state index is 9.77. The monoisotopic (exact) mass is 252 g/mol.